The molecular formula is C19H19N3O2. The van der Waals surface area contributed by atoms with Crippen molar-refractivity contribution in [1.82, 2.24) is 5.32 Å². The largest absolute Gasteiger partial charge is 0.445 e. The van der Waals surface area contributed by atoms with Gasteiger partial charge in [-0.15, -0.1) is 0 Å². The summed E-state index contributed by atoms with van der Waals surface area (Å²) in [6.07, 6.45) is 0.0704. The van der Waals surface area contributed by atoms with Crippen LogP contribution in [0.1, 0.15) is 23.1 Å². The van der Waals surface area contributed by atoms with Gasteiger partial charge in [0, 0.05) is 24.1 Å². The smallest absolute Gasteiger partial charge is 0.407 e. The van der Waals surface area contributed by atoms with Crippen LogP contribution in [0.2, 0.25) is 0 Å². The van der Waals surface area contributed by atoms with Crippen molar-refractivity contribution in [2.45, 2.75) is 13.0 Å². The molecule has 0 saturated carbocycles. The van der Waals surface area contributed by atoms with E-state index in [0.717, 1.165) is 11.1 Å². The van der Waals surface area contributed by atoms with E-state index in [1.165, 1.54) is 0 Å². The summed E-state index contributed by atoms with van der Waals surface area (Å²) in [6, 6.07) is 16.6. The third kappa shape index (κ3) is 5.85. The lowest BCUT2D eigenvalue weighted by molar-refractivity contribution is 0.140. The minimum absolute atomic E-state index is 0.0349. The second kappa shape index (κ2) is 9.01. The fourth-order valence-corrected chi connectivity index (χ4v) is 1.90. The molecule has 24 heavy (non-hydrogen) atoms. The minimum Gasteiger partial charge on any atom is -0.445 e. The molecule has 0 fully saturated rings. The zero-order chi connectivity index (χ0) is 17.2. The van der Waals surface area contributed by atoms with E-state index in [1.54, 1.807) is 12.1 Å². The summed E-state index contributed by atoms with van der Waals surface area (Å²) < 4.78 is 5.10. The maximum atomic E-state index is 11.5. The molecule has 122 valence electrons. The number of nitrogen functional groups attached to an aromatic ring is 1. The average Bonchev–Trinajstić information content (AvgIpc) is 2.61. The van der Waals surface area contributed by atoms with Crippen molar-refractivity contribution < 1.29 is 9.53 Å². The SMILES string of the molecule is N=C(N)c1ccc(C#CCCNC(=O)OCc2ccccc2)cc1. The van der Waals surface area contributed by atoms with Crippen LogP contribution in [-0.2, 0) is 11.3 Å². The molecule has 0 aliphatic heterocycles. The summed E-state index contributed by atoms with van der Waals surface area (Å²) in [4.78, 5) is 11.5. The summed E-state index contributed by atoms with van der Waals surface area (Å²) in [7, 11) is 0. The van der Waals surface area contributed by atoms with E-state index in [2.05, 4.69) is 17.2 Å². The summed E-state index contributed by atoms with van der Waals surface area (Å²) in [5, 5.41) is 9.97. The zero-order valence-corrected chi connectivity index (χ0v) is 13.2. The van der Waals surface area contributed by atoms with Gasteiger partial charge in [0.05, 0.1) is 0 Å². The van der Waals surface area contributed by atoms with Crippen molar-refractivity contribution >= 4 is 11.9 Å². The van der Waals surface area contributed by atoms with E-state index in [0.29, 0.717) is 18.5 Å². The van der Waals surface area contributed by atoms with Gasteiger partial charge in [0.15, 0.2) is 0 Å². The van der Waals surface area contributed by atoms with Crippen LogP contribution in [0.25, 0.3) is 0 Å². The highest BCUT2D eigenvalue weighted by Gasteiger charge is 2.00. The monoisotopic (exact) mass is 321 g/mol. The number of nitrogens with two attached hydrogens (primary N) is 1. The van der Waals surface area contributed by atoms with Gasteiger partial charge >= 0.3 is 6.09 Å². The molecule has 0 aliphatic carbocycles. The van der Waals surface area contributed by atoms with Crippen LogP contribution in [0.5, 0.6) is 0 Å². The van der Waals surface area contributed by atoms with Gasteiger partial charge in [0.1, 0.15) is 12.4 Å². The summed E-state index contributed by atoms with van der Waals surface area (Å²) in [5.41, 5.74) is 7.84. The van der Waals surface area contributed by atoms with Crippen LogP contribution < -0.4 is 11.1 Å². The fraction of sp³-hybridized carbons (Fsp3) is 0.158. The quantitative estimate of drug-likeness (QED) is 0.342. The van der Waals surface area contributed by atoms with Crippen molar-refractivity contribution in [1.29, 1.82) is 5.41 Å². The number of hydrogen-bond donors (Lipinski definition) is 3. The van der Waals surface area contributed by atoms with Crippen molar-refractivity contribution in [3.63, 3.8) is 0 Å². The molecule has 0 atom stereocenters. The first kappa shape index (κ1) is 17.1. The first-order chi connectivity index (χ1) is 11.6. The average molecular weight is 321 g/mol. The van der Waals surface area contributed by atoms with Gasteiger partial charge in [0.2, 0.25) is 0 Å². The molecular weight excluding hydrogens is 302 g/mol. The van der Waals surface area contributed by atoms with Gasteiger partial charge < -0.3 is 15.8 Å². The second-order valence-corrected chi connectivity index (χ2v) is 5.03. The van der Waals surface area contributed by atoms with Crippen LogP contribution >= 0.6 is 0 Å². The first-order valence-corrected chi connectivity index (χ1v) is 7.53. The van der Waals surface area contributed by atoms with Crippen LogP contribution in [0, 0.1) is 17.3 Å². The van der Waals surface area contributed by atoms with E-state index >= 15 is 0 Å². The molecule has 0 radical (unpaired) electrons. The van der Waals surface area contributed by atoms with Gasteiger partial charge in [-0.3, -0.25) is 5.41 Å². The van der Waals surface area contributed by atoms with Crippen LogP contribution in [0.15, 0.2) is 54.6 Å². The third-order valence-electron chi connectivity index (χ3n) is 3.16. The molecule has 4 N–H and O–H groups in total. The summed E-state index contributed by atoms with van der Waals surface area (Å²) >= 11 is 0. The molecule has 5 heteroatoms. The van der Waals surface area contributed by atoms with E-state index in [1.807, 2.05) is 42.5 Å². The van der Waals surface area contributed by atoms with Crippen molar-refractivity contribution in [2.24, 2.45) is 5.73 Å². The summed E-state index contributed by atoms with van der Waals surface area (Å²) in [5.74, 6) is 6.00. The number of benzene rings is 2. The van der Waals surface area contributed by atoms with Crippen molar-refractivity contribution in [3.05, 3.63) is 71.3 Å². The number of amides is 1. The highest BCUT2D eigenvalue weighted by atomic mass is 16.5. The van der Waals surface area contributed by atoms with E-state index in [9.17, 15) is 4.79 Å². The Balaban J connectivity index is 1.67. The Morgan fingerprint density at radius 1 is 1.12 bits per heavy atom. The van der Waals surface area contributed by atoms with E-state index in [-0.39, 0.29) is 12.4 Å². The Hall–Kier alpha value is -3.26. The van der Waals surface area contributed by atoms with Crippen molar-refractivity contribution in [3.8, 4) is 11.8 Å². The molecule has 0 bridgehead atoms. The number of hydrogen-bond acceptors (Lipinski definition) is 3. The number of alkyl carbamates (subject to hydrolysis) is 1. The van der Waals surface area contributed by atoms with Crippen LogP contribution in [0.4, 0.5) is 4.79 Å². The van der Waals surface area contributed by atoms with Gasteiger partial charge in [-0.05, 0) is 17.7 Å². The molecule has 0 aliphatic rings. The lowest BCUT2D eigenvalue weighted by atomic mass is 10.1. The minimum atomic E-state index is -0.452. The van der Waals surface area contributed by atoms with E-state index in [4.69, 9.17) is 15.9 Å². The molecule has 2 aromatic rings. The second-order valence-electron chi connectivity index (χ2n) is 5.03. The molecule has 0 spiro atoms. The number of rotatable bonds is 5. The standard InChI is InChI=1S/C19H19N3O2/c20-18(21)17-11-9-15(10-12-17)6-4-5-13-22-19(23)24-14-16-7-2-1-3-8-16/h1-3,7-12H,5,13-14H2,(H3,20,21)(H,22,23). The molecule has 5 nitrogen and oxygen atoms in total. The molecule has 2 rings (SSSR count). The highest BCUT2D eigenvalue weighted by Crippen LogP contribution is 2.02. The Labute approximate surface area is 141 Å². The van der Waals surface area contributed by atoms with Gasteiger partial charge in [-0.2, -0.15) is 0 Å². The number of ether oxygens (including phenoxy) is 1. The Morgan fingerprint density at radius 2 is 1.83 bits per heavy atom. The fourth-order valence-electron chi connectivity index (χ4n) is 1.90. The molecule has 0 heterocycles. The molecule has 2 aromatic carbocycles. The normalized spacial score (nSPS) is 9.50. The van der Waals surface area contributed by atoms with Gasteiger partial charge in [-0.25, -0.2) is 4.79 Å². The zero-order valence-electron chi connectivity index (χ0n) is 13.2. The van der Waals surface area contributed by atoms with Gasteiger partial charge in [-0.1, -0.05) is 54.3 Å². The van der Waals surface area contributed by atoms with Crippen LogP contribution in [-0.4, -0.2) is 18.5 Å². The maximum Gasteiger partial charge on any atom is 0.407 e. The van der Waals surface area contributed by atoms with Crippen LogP contribution in [0.3, 0.4) is 0 Å². The predicted molar refractivity (Wildman–Crippen MR) is 93.6 cm³/mol. The molecule has 0 aromatic heterocycles. The highest BCUT2D eigenvalue weighted by molar-refractivity contribution is 5.94. The first-order valence-electron chi connectivity index (χ1n) is 7.53. The topological polar surface area (TPSA) is 88.2 Å². The van der Waals surface area contributed by atoms with Gasteiger partial charge in [0.25, 0.3) is 0 Å². The molecule has 0 saturated heterocycles. The van der Waals surface area contributed by atoms with E-state index < -0.39 is 6.09 Å². The van der Waals surface area contributed by atoms with Crippen molar-refractivity contribution in [2.75, 3.05) is 6.54 Å². The molecule has 1 amide bonds. The third-order valence-corrected chi connectivity index (χ3v) is 3.16. The number of carbonyl (C=O) groups is 1. The Bertz CT molecular complexity index is 744. The number of amidine groups is 1. The Morgan fingerprint density at radius 3 is 2.50 bits per heavy atom. The summed E-state index contributed by atoms with van der Waals surface area (Å²) in [6.45, 7) is 0.674. The number of nitrogens with one attached hydrogen (secondary N) is 2. The Kier molecular flexibility index (Phi) is 6.42. The maximum absolute atomic E-state index is 11.5. The molecule has 0 unspecified atom stereocenters. The lowest BCUT2D eigenvalue weighted by Crippen LogP contribution is -2.24. The number of carbonyl (C=O) groups excluding carboxylic acids is 1. The lowest BCUT2D eigenvalue weighted by Gasteiger charge is -2.05. The predicted octanol–water partition coefficient (Wildman–Crippen LogP) is 2.64.